The zero-order valence-corrected chi connectivity index (χ0v) is 15.5. The molecular weight excluding hydrogens is 356 g/mol. The quantitative estimate of drug-likeness (QED) is 0.544. The number of esters is 1. The van der Waals surface area contributed by atoms with Gasteiger partial charge in [0, 0.05) is 41.3 Å². The van der Waals surface area contributed by atoms with Crippen LogP contribution in [-0.2, 0) is 9.53 Å². The summed E-state index contributed by atoms with van der Waals surface area (Å²) in [7, 11) is 0. The number of nitrogens with one attached hydrogen (secondary N) is 1. The largest absolute Gasteiger partial charge is 0.451 e. The van der Waals surface area contributed by atoms with E-state index in [1.165, 1.54) is 0 Å². The van der Waals surface area contributed by atoms with Crippen LogP contribution in [0.4, 0.5) is 5.69 Å². The van der Waals surface area contributed by atoms with Gasteiger partial charge in [-0.2, -0.15) is 0 Å². The highest BCUT2D eigenvalue weighted by Crippen LogP contribution is 2.24. The molecule has 1 atom stereocenters. The maximum Gasteiger partial charge on any atom is 0.338 e. The van der Waals surface area contributed by atoms with E-state index in [1.807, 2.05) is 24.3 Å². The van der Waals surface area contributed by atoms with E-state index in [4.69, 9.17) is 4.74 Å². The number of carbonyl (C=O) groups excluding carboxylic acids is 3. The average Bonchev–Trinajstić information content (AvgIpc) is 3.33. The van der Waals surface area contributed by atoms with Crippen LogP contribution in [0.2, 0.25) is 0 Å². The summed E-state index contributed by atoms with van der Waals surface area (Å²) in [5.74, 6) is -0.806. The molecule has 1 N–H and O–H groups in total. The monoisotopic (exact) mass is 376 g/mol. The molecule has 1 amide bonds. The number of amides is 1. The number of H-pyrrole nitrogens is 1. The molecule has 1 aliphatic heterocycles. The number of aromatic amines is 1. The molecule has 6 heteroatoms. The minimum absolute atomic E-state index is 0.0494. The molecule has 0 radical (unpaired) electrons. The van der Waals surface area contributed by atoms with E-state index in [2.05, 4.69) is 4.98 Å². The summed E-state index contributed by atoms with van der Waals surface area (Å²) < 4.78 is 5.41. The Bertz CT molecular complexity index is 1070. The molecule has 2 aromatic carbocycles. The van der Waals surface area contributed by atoms with Crippen LogP contribution in [0.1, 0.15) is 40.5 Å². The molecule has 142 valence electrons. The fourth-order valence-corrected chi connectivity index (χ4v) is 3.50. The van der Waals surface area contributed by atoms with Crippen LogP contribution in [0.15, 0.2) is 54.7 Å². The highest BCUT2D eigenvalue weighted by Gasteiger charge is 2.25. The second-order valence-corrected chi connectivity index (χ2v) is 6.86. The number of benzene rings is 2. The number of carbonyl (C=O) groups is 3. The first-order chi connectivity index (χ1) is 13.5. The van der Waals surface area contributed by atoms with Gasteiger partial charge in [0.1, 0.15) is 0 Å². The van der Waals surface area contributed by atoms with Crippen molar-refractivity contribution in [3.8, 4) is 0 Å². The van der Waals surface area contributed by atoms with Gasteiger partial charge < -0.3 is 14.6 Å². The molecule has 0 saturated carbocycles. The van der Waals surface area contributed by atoms with E-state index in [0.717, 1.165) is 17.3 Å². The lowest BCUT2D eigenvalue weighted by atomic mass is 10.1. The number of aromatic nitrogens is 1. The van der Waals surface area contributed by atoms with E-state index < -0.39 is 12.1 Å². The number of nitrogens with zero attached hydrogens (tertiary/aromatic N) is 1. The van der Waals surface area contributed by atoms with Gasteiger partial charge in [0.15, 0.2) is 6.10 Å². The van der Waals surface area contributed by atoms with Crippen molar-refractivity contribution < 1.29 is 19.1 Å². The molecule has 1 aromatic heterocycles. The molecule has 1 aliphatic rings. The van der Waals surface area contributed by atoms with Crippen LogP contribution in [0.25, 0.3) is 10.9 Å². The summed E-state index contributed by atoms with van der Waals surface area (Å²) in [6.07, 6.45) is 2.04. The van der Waals surface area contributed by atoms with Crippen molar-refractivity contribution in [1.82, 2.24) is 4.98 Å². The second-order valence-electron chi connectivity index (χ2n) is 6.86. The molecule has 0 bridgehead atoms. The van der Waals surface area contributed by atoms with E-state index in [0.29, 0.717) is 29.8 Å². The van der Waals surface area contributed by atoms with Crippen molar-refractivity contribution in [3.63, 3.8) is 0 Å². The van der Waals surface area contributed by atoms with Gasteiger partial charge in [-0.25, -0.2) is 4.79 Å². The first-order valence-corrected chi connectivity index (χ1v) is 9.26. The number of rotatable bonds is 5. The number of ether oxygens (including phenoxy) is 1. The zero-order valence-electron chi connectivity index (χ0n) is 15.5. The lowest BCUT2D eigenvalue weighted by Gasteiger charge is -2.17. The maximum absolute atomic E-state index is 12.8. The van der Waals surface area contributed by atoms with Gasteiger partial charge in [0.2, 0.25) is 11.7 Å². The summed E-state index contributed by atoms with van der Waals surface area (Å²) in [6, 6.07) is 14.2. The molecule has 0 spiro atoms. The molecule has 4 rings (SSSR count). The predicted octanol–water partition coefficient (Wildman–Crippen LogP) is 3.72. The number of para-hydroxylation sites is 1. The van der Waals surface area contributed by atoms with Crippen LogP contribution in [0, 0.1) is 0 Å². The minimum atomic E-state index is -0.927. The zero-order chi connectivity index (χ0) is 19.7. The number of hydrogen-bond donors (Lipinski definition) is 1. The lowest BCUT2D eigenvalue weighted by Crippen LogP contribution is -2.25. The van der Waals surface area contributed by atoms with Crippen molar-refractivity contribution >= 4 is 34.3 Å². The molecule has 6 nitrogen and oxygen atoms in total. The third-order valence-electron chi connectivity index (χ3n) is 4.97. The van der Waals surface area contributed by atoms with Gasteiger partial charge in [-0.1, -0.05) is 24.3 Å². The number of hydrogen-bond acceptors (Lipinski definition) is 4. The Balaban J connectivity index is 1.50. The Kier molecular flexibility index (Phi) is 4.69. The first kappa shape index (κ1) is 18.0. The Morgan fingerprint density at radius 2 is 1.96 bits per heavy atom. The normalized spacial score (nSPS) is 15.0. The summed E-state index contributed by atoms with van der Waals surface area (Å²) in [6.45, 7) is 2.21. The van der Waals surface area contributed by atoms with Gasteiger partial charge >= 0.3 is 5.97 Å². The van der Waals surface area contributed by atoms with Crippen molar-refractivity contribution in [2.45, 2.75) is 25.9 Å². The highest BCUT2D eigenvalue weighted by molar-refractivity contribution is 6.10. The lowest BCUT2D eigenvalue weighted by molar-refractivity contribution is -0.117. The molecule has 1 fully saturated rings. The van der Waals surface area contributed by atoms with E-state index in [1.54, 1.807) is 42.3 Å². The third kappa shape index (κ3) is 3.29. The molecular formula is C22H20N2O4. The van der Waals surface area contributed by atoms with Gasteiger partial charge in [0.05, 0.1) is 5.56 Å². The summed E-state index contributed by atoms with van der Waals surface area (Å²) in [5, 5.41) is 0.796. The number of Topliss-reactive ketones (excluding diaryl/α,β-unsaturated/α-hetero) is 1. The van der Waals surface area contributed by atoms with Gasteiger partial charge in [-0.05, 0) is 37.6 Å². The molecule has 28 heavy (non-hydrogen) atoms. The van der Waals surface area contributed by atoms with E-state index in [9.17, 15) is 14.4 Å². The molecule has 1 saturated heterocycles. The number of ketones is 1. The van der Waals surface area contributed by atoms with Crippen LogP contribution >= 0.6 is 0 Å². The minimum Gasteiger partial charge on any atom is -0.451 e. The van der Waals surface area contributed by atoms with Crippen molar-refractivity contribution in [2.75, 3.05) is 11.4 Å². The van der Waals surface area contributed by atoms with Crippen LogP contribution in [0.5, 0.6) is 0 Å². The van der Waals surface area contributed by atoms with E-state index >= 15 is 0 Å². The fourth-order valence-electron chi connectivity index (χ4n) is 3.50. The molecule has 2 heterocycles. The topological polar surface area (TPSA) is 79.5 Å². The summed E-state index contributed by atoms with van der Waals surface area (Å²) >= 11 is 0. The maximum atomic E-state index is 12.8. The van der Waals surface area contributed by atoms with Gasteiger partial charge in [0.25, 0.3) is 0 Å². The molecule has 0 aliphatic carbocycles. The smallest absolute Gasteiger partial charge is 0.338 e. The highest BCUT2D eigenvalue weighted by atomic mass is 16.5. The van der Waals surface area contributed by atoms with Crippen LogP contribution < -0.4 is 4.90 Å². The Morgan fingerprint density at radius 1 is 1.14 bits per heavy atom. The standard InChI is InChI=1S/C22H20N2O4/c1-14(21(26)18-13-23-19-9-3-2-8-17(18)19)28-22(27)15-6-4-7-16(12-15)24-11-5-10-20(24)25/h2-4,6-9,12-14,23H,5,10-11H2,1H3/t14-/m0/s1. The summed E-state index contributed by atoms with van der Waals surface area (Å²) in [4.78, 5) is 42.0. The first-order valence-electron chi connectivity index (χ1n) is 9.26. The van der Waals surface area contributed by atoms with Crippen LogP contribution in [0.3, 0.4) is 0 Å². The van der Waals surface area contributed by atoms with Crippen molar-refractivity contribution in [2.24, 2.45) is 0 Å². The SMILES string of the molecule is C[C@H](OC(=O)c1cccc(N2CCCC2=O)c1)C(=O)c1c[nH]c2ccccc12. The fraction of sp³-hybridized carbons (Fsp3) is 0.227. The number of anilines is 1. The Labute approximate surface area is 162 Å². The number of fused-ring (bicyclic) bond motifs is 1. The summed E-state index contributed by atoms with van der Waals surface area (Å²) in [5.41, 5.74) is 2.34. The predicted molar refractivity (Wildman–Crippen MR) is 106 cm³/mol. The third-order valence-corrected chi connectivity index (χ3v) is 4.97. The molecule has 0 unspecified atom stereocenters. The molecule has 3 aromatic rings. The van der Waals surface area contributed by atoms with E-state index in [-0.39, 0.29) is 11.7 Å². The van der Waals surface area contributed by atoms with Gasteiger partial charge in [-0.15, -0.1) is 0 Å². The van der Waals surface area contributed by atoms with Gasteiger partial charge in [-0.3, -0.25) is 9.59 Å². The van der Waals surface area contributed by atoms with Crippen LogP contribution in [-0.4, -0.2) is 35.3 Å². The Hall–Kier alpha value is -3.41. The van der Waals surface area contributed by atoms with Crippen molar-refractivity contribution in [1.29, 1.82) is 0 Å². The van der Waals surface area contributed by atoms with Crippen molar-refractivity contribution in [3.05, 3.63) is 65.9 Å². The Morgan fingerprint density at radius 3 is 2.75 bits per heavy atom. The second kappa shape index (κ2) is 7.31. The average molecular weight is 376 g/mol.